The van der Waals surface area contributed by atoms with Gasteiger partial charge in [0.15, 0.2) is 0 Å². The van der Waals surface area contributed by atoms with Crippen LogP contribution in [0.25, 0.3) is 0 Å². The smallest absolute Gasteiger partial charge is 0.0600 e. The summed E-state index contributed by atoms with van der Waals surface area (Å²) in [4.78, 5) is 2.58. The van der Waals surface area contributed by atoms with Gasteiger partial charge in [0.25, 0.3) is 0 Å². The molecule has 0 aromatic heterocycles. The summed E-state index contributed by atoms with van der Waals surface area (Å²) in [6, 6.07) is 0.710. The van der Waals surface area contributed by atoms with Crippen molar-refractivity contribution in [2.75, 3.05) is 32.8 Å². The molecule has 3 nitrogen and oxygen atoms in total. The van der Waals surface area contributed by atoms with E-state index >= 15 is 0 Å². The van der Waals surface area contributed by atoms with Crippen molar-refractivity contribution >= 4 is 0 Å². The van der Waals surface area contributed by atoms with E-state index in [9.17, 15) is 0 Å². The van der Waals surface area contributed by atoms with Gasteiger partial charge in [0.2, 0.25) is 0 Å². The summed E-state index contributed by atoms with van der Waals surface area (Å²) < 4.78 is 5.80. The molecule has 0 amide bonds. The molecule has 0 aromatic rings. The normalized spacial score (nSPS) is 23.6. The molecular formula is C13H28N2O. The van der Waals surface area contributed by atoms with Crippen LogP contribution in [0.4, 0.5) is 0 Å². The first-order valence-corrected chi connectivity index (χ1v) is 6.61. The van der Waals surface area contributed by atoms with E-state index in [4.69, 9.17) is 4.74 Å². The van der Waals surface area contributed by atoms with Crippen LogP contribution in [0.3, 0.4) is 0 Å². The highest BCUT2D eigenvalue weighted by atomic mass is 16.5. The number of piperazine rings is 1. The van der Waals surface area contributed by atoms with Gasteiger partial charge in [0, 0.05) is 32.2 Å². The maximum atomic E-state index is 5.80. The summed E-state index contributed by atoms with van der Waals surface area (Å²) in [5, 5.41) is 3.47. The summed E-state index contributed by atoms with van der Waals surface area (Å²) in [5.74, 6) is 0. The zero-order valence-corrected chi connectivity index (χ0v) is 11.4. The van der Waals surface area contributed by atoms with E-state index in [0.717, 1.165) is 32.8 Å². The molecular weight excluding hydrogens is 200 g/mol. The van der Waals surface area contributed by atoms with Gasteiger partial charge in [-0.2, -0.15) is 0 Å². The molecule has 1 unspecified atom stereocenters. The largest absolute Gasteiger partial charge is 0.375 e. The van der Waals surface area contributed by atoms with Gasteiger partial charge in [-0.25, -0.2) is 0 Å². The molecule has 0 bridgehead atoms. The molecule has 0 spiro atoms. The summed E-state index contributed by atoms with van der Waals surface area (Å²) in [7, 11) is 0. The van der Waals surface area contributed by atoms with Crippen LogP contribution in [0.2, 0.25) is 0 Å². The van der Waals surface area contributed by atoms with Crippen molar-refractivity contribution in [1.82, 2.24) is 10.2 Å². The molecule has 0 radical (unpaired) electrons. The van der Waals surface area contributed by atoms with Crippen LogP contribution in [0.1, 0.15) is 40.5 Å². The van der Waals surface area contributed by atoms with Crippen LogP contribution in [0.15, 0.2) is 0 Å². The van der Waals surface area contributed by atoms with Crippen molar-refractivity contribution in [3.8, 4) is 0 Å². The maximum Gasteiger partial charge on any atom is 0.0600 e. The van der Waals surface area contributed by atoms with E-state index in [1.54, 1.807) is 0 Å². The molecule has 96 valence electrons. The minimum Gasteiger partial charge on any atom is -0.375 e. The molecule has 1 N–H and O–H groups in total. The molecule has 16 heavy (non-hydrogen) atoms. The van der Waals surface area contributed by atoms with Crippen molar-refractivity contribution < 1.29 is 4.74 Å². The lowest BCUT2D eigenvalue weighted by Gasteiger charge is -2.36. The lowest BCUT2D eigenvalue weighted by molar-refractivity contribution is -0.0202. The molecule has 1 rings (SSSR count). The standard InChI is InChI=1S/C13H28N2O/c1-5-6-12-11-14-7-8-15(12)9-10-16-13(2,3)4/h12,14H,5-11H2,1-4H3. The molecule has 0 aromatic carbocycles. The molecule has 1 heterocycles. The second-order valence-corrected chi connectivity index (χ2v) is 5.64. The summed E-state index contributed by atoms with van der Waals surface area (Å²) in [6.45, 7) is 14.0. The Morgan fingerprint density at radius 3 is 2.75 bits per heavy atom. The quantitative estimate of drug-likeness (QED) is 0.777. The van der Waals surface area contributed by atoms with Crippen LogP contribution in [0.5, 0.6) is 0 Å². The van der Waals surface area contributed by atoms with Crippen molar-refractivity contribution in [2.45, 2.75) is 52.2 Å². The van der Waals surface area contributed by atoms with Crippen molar-refractivity contribution in [3.05, 3.63) is 0 Å². The van der Waals surface area contributed by atoms with E-state index in [1.807, 2.05) is 0 Å². The summed E-state index contributed by atoms with van der Waals surface area (Å²) in [6.07, 6.45) is 2.56. The first-order chi connectivity index (χ1) is 7.53. The molecule has 0 aliphatic carbocycles. The fourth-order valence-electron chi connectivity index (χ4n) is 2.18. The first-order valence-electron chi connectivity index (χ1n) is 6.61. The Hall–Kier alpha value is -0.120. The number of ether oxygens (including phenoxy) is 1. The van der Waals surface area contributed by atoms with Gasteiger partial charge in [0.05, 0.1) is 12.2 Å². The Labute approximate surface area is 101 Å². The second kappa shape index (κ2) is 6.58. The molecule has 1 fully saturated rings. The number of nitrogens with one attached hydrogen (secondary N) is 1. The molecule has 1 aliphatic heterocycles. The van der Waals surface area contributed by atoms with Crippen molar-refractivity contribution in [2.24, 2.45) is 0 Å². The highest BCUT2D eigenvalue weighted by molar-refractivity contribution is 4.79. The highest BCUT2D eigenvalue weighted by Gasteiger charge is 2.21. The molecule has 1 aliphatic rings. The molecule has 1 atom stereocenters. The van der Waals surface area contributed by atoms with E-state index in [2.05, 4.69) is 37.9 Å². The van der Waals surface area contributed by atoms with Crippen molar-refractivity contribution in [3.63, 3.8) is 0 Å². The Morgan fingerprint density at radius 1 is 1.38 bits per heavy atom. The van der Waals surface area contributed by atoms with Gasteiger partial charge in [-0.3, -0.25) is 4.90 Å². The van der Waals surface area contributed by atoms with Gasteiger partial charge in [-0.1, -0.05) is 13.3 Å². The maximum absolute atomic E-state index is 5.80. The number of rotatable bonds is 5. The molecule has 0 saturated carbocycles. The van der Waals surface area contributed by atoms with E-state index in [1.165, 1.54) is 12.8 Å². The van der Waals surface area contributed by atoms with Crippen LogP contribution >= 0.6 is 0 Å². The fourth-order valence-corrected chi connectivity index (χ4v) is 2.18. The predicted molar refractivity (Wildman–Crippen MR) is 68.8 cm³/mol. The Kier molecular flexibility index (Phi) is 5.73. The number of hydrogen-bond donors (Lipinski definition) is 1. The predicted octanol–water partition coefficient (Wildman–Crippen LogP) is 1.88. The Bertz CT molecular complexity index is 187. The highest BCUT2D eigenvalue weighted by Crippen LogP contribution is 2.11. The average molecular weight is 228 g/mol. The number of hydrogen-bond acceptors (Lipinski definition) is 3. The Balaban J connectivity index is 2.27. The van der Waals surface area contributed by atoms with Gasteiger partial charge in [0.1, 0.15) is 0 Å². The van der Waals surface area contributed by atoms with E-state index < -0.39 is 0 Å². The van der Waals surface area contributed by atoms with Gasteiger partial charge in [-0.05, 0) is 27.2 Å². The summed E-state index contributed by atoms with van der Waals surface area (Å²) in [5.41, 5.74) is -0.00566. The van der Waals surface area contributed by atoms with E-state index in [-0.39, 0.29) is 5.60 Å². The average Bonchev–Trinajstić information content (AvgIpc) is 2.19. The fraction of sp³-hybridized carbons (Fsp3) is 1.00. The Morgan fingerprint density at radius 2 is 2.12 bits per heavy atom. The van der Waals surface area contributed by atoms with Crippen molar-refractivity contribution in [1.29, 1.82) is 0 Å². The monoisotopic (exact) mass is 228 g/mol. The first kappa shape index (κ1) is 13.9. The van der Waals surface area contributed by atoms with Gasteiger partial charge in [-0.15, -0.1) is 0 Å². The van der Waals surface area contributed by atoms with E-state index in [0.29, 0.717) is 6.04 Å². The minimum absolute atomic E-state index is 0.00566. The lowest BCUT2D eigenvalue weighted by Crippen LogP contribution is -2.52. The molecule has 1 saturated heterocycles. The lowest BCUT2D eigenvalue weighted by atomic mass is 10.1. The zero-order valence-electron chi connectivity index (χ0n) is 11.4. The van der Waals surface area contributed by atoms with Crippen LogP contribution < -0.4 is 5.32 Å². The van der Waals surface area contributed by atoms with Gasteiger partial charge >= 0.3 is 0 Å². The minimum atomic E-state index is -0.00566. The molecule has 3 heteroatoms. The third-order valence-corrected chi connectivity index (χ3v) is 3.01. The van der Waals surface area contributed by atoms with Gasteiger partial charge < -0.3 is 10.1 Å². The van der Waals surface area contributed by atoms with Crippen LogP contribution in [-0.4, -0.2) is 49.3 Å². The zero-order chi connectivity index (χ0) is 12.0. The topological polar surface area (TPSA) is 24.5 Å². The third-order valence-electron chi connectivity index (χ3n) is 3.01. The SMILES string of the molecule is CCCC1CNCCN1CCOC(C)(C)C. The van der Waals surface area contributed by atoms with Crippen LogP contribution in [0, 0.1) is 0 Å². The third kappa shape index (κ3) is 5.28. The number of nitrogens with zero attached hydrogens (tertiary/aromatic N) is 1. The van der Waals surface area contributed by atoms with Crippen LogP contribution in [-0.2, 0) is 4.74 Å². The second-order valence-electron chi connectivity index (χ2n) is 5.64. The summed E-state index contributed by atoms with van der Waals surface area (Å²) >= 11 is 0.